The van der Waals surface area contributed by atoms with Gasteiger partial charge in [-0.2, -0.15) is 5.10 Å². The molecular weight excluding hydrogens is 304 g/mol. The highest BCUT2D eigenvalue weighted by Gasteiger charge is 2.28. The highest BCUT2D eigenvalue weighted by atomic mass is 16.2. The third kappa shape index (κ3) is 3.00. The summed E-state index contributed by atoms with van der Waals surface area (Å²) < 4.78 is 3.14. The average Bonchev–Trinajstić information content (AvgIpc) is 2.89. The Labute approximate surface area is 141 Å². The van der Waals surface area contributed by atoms with Gasteiger partial charge in [0, 0.05) is 38.2 Å². The minimum absolute atomic E-state index is 0.0641. The second-order valence-electron chi connectivity index (χ2n) is 6.44. The van der Waals surface area contributed by atoms with Crippen molar-refractivity contribution in [1.29, 1.82) is 0 Å². The van der Waals surface area contributed by atoms with Crippen molar-refractivity contribution in [3.8, 4) is 0 Å². The molecule has 0 spiro atoms. The quantitative estimate of drug-likeness (QED) is 0.865. The maximum Gasteiger partial charge on any atom is 0.345 e. The predicted octanol–water partition coefficient (Wildman–Crippen LogP) is 1.93. The highest BCUT2D eigenvalue weighted by molar-refractivity contribution is 5.94. The number of benzene rings is 1. The molecule has 128 valence electrons. The molecule has 1 aliphatic rings. The van der Waals surface area contributed by atoms with Crippen molar-refractivity contribution in [3.05, 3.63) is 51.7 Å². The monoisotopic (exact) mass is 328 g/mol. The Morgan fingerprint density at radius 2 is 2.00 bits per heavy atom. The van der Waals surface area contributed by atoms with E-state index in [-0.39, 0.29) is 17.5 Å². The van der Waals surface area contributed by atoms with E-state index < -0.39 is 0 Å². The summed E-state index contributed by atoms with van der Waals surface area (Å²) in [7, 11) is 1.69. The lowest BCUT2D eigenvalue weighted by Crippen LogP contribution is -2.38. The van der Waals surface area contributed by atoms with Crippen molar-refractivity contribution in [3.63, 3.8) is 0 Å². The van der Waals surface area contributed by atoms with Crippen LogP contribution in [0.3, 0.4) is 0 Å². The molecule has 0 atom stereocenters. The molecule has 2 heterocycles. The van der Waals surface area contributed by atoms with Gasteiger partial charge in [-0.25, -0.2) is 9.48 Å². The number of nitrogens with zero attached hydrogens (tertiary/aromatic N) is 4. The normalized spacial score (nSPS) is 15.7. The zero-order chi connectivity index (χ0) is 17.3. The Balaban J connectivity index is 1.71. The van der Waals surface area contributed by atoms with Gasteiger partial charge >= 0.3 is 5.69 Å². The Morgan fingerprint density at radius 1 is 1.29 bits per heavy atom. The van der Waals surface area contributed by atoms with Crippen LogP contribution in [0.15, 0.2) is 29.1 Å². The van der Waals surface area contributed by atoms with E-state index in [0.29, 0.717) is 19.6 Å². The summed E-state index contributed by atoms with van der Waals surface area (Å²) in [5, 5.41) is 4.41. The zero-order valence-corrected chi connectivity index (χ0v) is 14.5. The number of likely N-dealkylation sites (tertiary alicyclic amines) is 1. The lowest BCUT2D eigenvalue weighted by Gasteiger charge is -2.31. The van der Waals surface area contributed by atoms with E-state index >= 15 is 0 Å². The van der Waals surface area contributed by atoms with Crippen LogP contribution < -0.4 is 5.69 Å². The van der Waals surface area contributed by atoms with Crippen LogP contribution in [-0.4, -0.2) is 38.2 Å². The first-order chi connectivity index (χ1) is 11.5. The fourth-order valence-electron chi connectivity index (χ4n) is 3.42. The first kappa shape index (κ1) is 16.5. The first-order valence-electron chi connectivity index (χ1n) is 8.51. The number of hydrogen-bond acceptors (Lipinski definition) is 3. The molecule has 1 fully saturated rings. The molecule has 0 bridgehead atoms. The number of rotatable bonds is 3. The molecule has 0 aliphatic carbocycles. The summed E-state index contributed by atoms with van der Waals surface area (Å²) in [6.07, 6.45) is 1.68. The van der Waals surface area contributed by atoms with Crippen molar-refractivity contribution in [1.82, 2.24) is 19.2 Å². The van der Waals surface area contributed by atoms with Crippen molar-refractivity contribution in [2.24, 2.45) is 7.05 Å². The molecule has 0 saturated carbocycles. The molecule has 24 heavy (non-hydrogen) atoms. The summed E-state index contributed by atoms with van der Waals surface area (Å²) in [5.41, 5.74) is 1.78. The van der Waals surface area contributed by atoms with Crippen LogP contribution in [-0.2, 0) is 13.6 Å². The van der Waals surface area contributed by atoms with E-state index in [1.807, 2.05) is 43.0 Å². The maximum absolute atomic E-state index is 12.6. The topological polar surface area (TPSA) is 60.1 Å². The molecule has 1 amide bonds. The fourth-order valence-corrected chi connectivity index (χ4v) is 3.42. The van der Waals surface area contributed by atoms with Crippen LogP contribution in [0.25, 0.3) is 0 Å². The molecular formula is C18H24N4O2. The van der Waals surface area contributed by atoms with Gasteiger partial charge in [0.15, 0.2) is 0 Å². The van der Waals surface area contributed by atoms with E-state index in [4.69, 9.17) is 0 Å². The van der Waals surface area contributed by atoms with Gasteiger partial charge in [0.2, 0.25) is 0 Å². The van der Waals surface area contributed by atoms with Gasteiger partial charge < -0.3 is 4.90 Å². The Kier molecular flexibility index (Phi) is 4.55. The van der Waals surface area contributed by atoms with Crippen LogP contribution >= 0.6 is 0 Å². The van der Waals surface area contributed by atoms with Crippen molar-refractivity contribution in [2.75, 3.05) is 13.1 Å². The molecule has 1 aromatic carbocycles. The maximum atomic E-state index is 12.6. The van der Waals surface area contributed by atoms with E-state index in [9.17, 15) is 9.59 Å². The summed E-state index contributed by atoms with van der Waals surface area (Å²) >= 11 is 0. The lowest BCUT2D eigenvalue weighted by atomic mass is 9.95. The van der Waals surface area contributed by atoms with Crippen LogP contribution in [0.5, 0.6) is 0 Å². The molecule has 1 aromatic heterocycles. The largest absolute Gasteiger partial charge is 0.345 e. The predicted molar refractivity (Wildman–Crippen MR) is 92.2 cm³/mol. The Bertz CT molecular complexity index is 798. The minimum atomic E-state index is -0.0641. The van der Waals surface area contributed by atoms with E-state index in [2.05, 4.69) is 5.10 Å². The SMILES string of the molecule is CCn1c(C2CCN(C(=O)c3cccc(C)c3)CC2)nn(C)c1=O. The number of amides is 1. The number of hydrogen-bond donors (Lipinski definition) is 0. The van der Waals surface area contributed by atoms with Crippen LogP contribution in [0.1, 0.15) is 47.4 Å². The Morgan fingerprint density at radius 3 is 2.62 bits per heavy atom. The molecule has 6 nitrogen and oxygen atoms in total. The van der Waals surface area contributed by atoms with E-state index in [1.54, 1.807) is 11.6 Å². The van der Waals surface area contributed by atoms with Gasteiger partial charge in [-0.3, -0.25) is 9.36 Å². The minimum Gasteiger partial charge on any atom is -0.339 e. The molecule has 3 rings (SSSR count). The number of piperidine rings is 1. The summed E-state index contributed by atoms with van der Waals surface area (Å²) in [6.45, 7) is 5.99. The highest BCUT2D eigenvalue weighted by Crippen LogP contribution is 2.27. The van der Waals surface area contributed by atoms with Gasteiger partial charge in [0.1, 0.15) is 5.82 Å². The molecule has 0 unspecified atom stereocenters. The standard InChI is InChI=1S/C18H24N4O2/c1-4-22-16(19-20(3)18(22)24)14-8-10-21(11-9-14)17(23)15-7-5-6-13(2)12-15/h5-7,12,14H,4,8-11H2,1-3H3. The number of carbonyl (C=O) groups excluding carboxylic acids is 1. The zero-order valence-electron chi connectivity index (χ0n) is 14.5. The number of carbonyl (C=O) groups is 1. The van der Waals surface area contributed by atoms with Gasteiger partial charge in [-0.1, -0.05) is 17.7 Å². The van der Waals surface area contributed by atoms with Crippen LogP contribution in [0.4, 0.5) is 0 Å². The van der Waals surface area contributed by atoms with Crippen LogP contribution in [0, 0.1) is 6.92 Å². The van der Waals surface area contributed by atoms with Crippen molar-refractivity contribution >= 4 is 5.91 Å². The smallest absolute Gasteiger partial charge is 0.339 e. The molecule has 1 saturated heterocycles. The van der Waals surface area contributed by atoms with Gasteiger partial charge in [0.25, 0.3) is 5.91 Å². The van der Waals surface area contributed by atoms with E-state index in [1.165, 1.54) is 4.68 Å². The Hall–Kier alpha value is -2.37. The summed E-state index contributed by atoms with van der Waals surface area (Å²) in [4.78, 5) is 26.6. The number of aryl methyl sites for hydroxylation is 2. The fraction of sp³-hybridized carbons (Fsp3) is 0.500. The van der Waals surface area contributed by atoms with Crippen molar-refractivity contribution in [2.45, 2.75) is 39.2 Å². The second kappa shape index (κ2) is 6.63. The molecule has 0 N–H and O–H groups in total. The van der Waals surface area contributed by atoms with E-state index in [0.717, 1.165) is 29.8 Å². The molecule has 6 heteroatoms. The lowest BCUT2D eigenvalue weighted by molar-refractivity contribution is 0.0710. The average molecular weight is 328 g/mol. The van der Waals surface area contributed by atoms with Gasteiger partial charge in [-0.05, 0) is 38.8 Å². The summed E-state index contributed by atoms with van der Waals surface area (Å²) in [6, 6.07) is 7.72. The third-order valence-corrected chi connectivity index (χ3v) is 4.77. The first-order valence-corrected chi connectivity index (χ1v) is 8.51. The molecule has 1 aliphatic heterocycles. The van der Waals surface area contributed by atoms with Gasteiger partial charge in [0.05, 0.1) is 0 Å². The van der Waals surface area contributed by atoms with Gasteiger partial charge in [-0.15, -0.1) is 0 Å². The molecule has 0 radical (unpaired) electrons. The van der Waals surface area contributed by atoms with Crippen molar-refractivity contribution < 1.29 is 4.79 Å². The van der Waals surface area contributed by atoms with Crippen LogP contribution in [0.2, 0.25) is 0 Å². The summed E-state index contributed by atoms with van der Waals surface area (Å²) in [5.74, 6) is 1.18. The number of aromatic nitrogens is 3. The molecule has 2 aromatic rings. The second-order valence-corrected chi connectivity index (χ2v) is 6.44. The third-order valence-electron chi connectivity index (χ3n) is 4.77.